The van der Waals surface area contributed by atoms with Crippen molar-refractivity contribution in [2.75, 3.05) is 7.11 Å². The van der Waals surface area contributed by atoms with Gasteiger partial charge in [0.15, 0.2) is 0 Å². The molecule has 2 aromatic rings. The molecule has 1 aliphatic rings. The average Bonchev–Trinajstić information content (AvgIpc) is 2.91. The largest absolute Gasteiger partial charge is 0.469 e. The molecule has 1 aliphatic carbocycles. The van der Waals surface area contributed by atoms with Crippen molar-refractivity contribution in [2.24, 2.45) is 23.2 Å². The number of esters is 1. The summed E-state index contributed by atoms with van der Waals surface area (Å²) < 4.78 is 17.3. The molecular formula is C35H49ClN2O7Si. The van der Waals surface area contributed by atoms with Gasteiger partial charge in [0.05, 0.1) is 29.1 Å². The third-order valence-corrected chi connectivity index (χ3v) is 10.3. The second kappa shape index (κ2) is 14.4. The number of ether oxygens (including phenoxy) is 2. The van der Waals surface area contributed by atoms with Gasteiger partial charge in [0.2, 0.25) is 9.76 Å². The molecule has 0 spiro atoms. The molecular weight excluding hydrogens is 624 g/mol. The number of rotatable bonds is 12. The van der Waals surface area contributed by atoms with E-state index in [1.807, 2.05) is 18.2 Å². The smallest absolute Gasteiger partial charge is 0.413 e. The molecule has 1 N–H and O–H groups in total. The van der Waals surface area contributed by atoms with Crippen molar-refractivity contribution in [2.45, 2.75) is 104 Å². The van der Waals surface area contributed by atoms with Gasteiger partial charge in [-0.25, -0.2) is 4.79 Å². The van der Waals surface area contributed by atoms with Gasteiger partial charge < -0.3 is 19.2 Å². The van der Waals surface area contributed by atoms with Crippen molar-refractivity contribution in [1.82, 2.24) is 5.32 Å². The fourth-order valence-corrected chi connectivity index (χ4v) is 6.80. The third-order valence-electron chi connectivity index (χ3n) is 8.74. The standard InChI is InChI=1S/C35H49ClN2O7Si/c1-32(2,3)18-17-22-11-12-24(21-28(22)36)35(9,37-31(40)44-27-15-13-26(14-16-27)38(41)42)29(30(39)43-10)23-19-25(20-23)34(7,8)45-46-33(4,5)6/h11-16,21,23,25,29H,17-20H2,1-10H3,(H,37,40)/t23?,25?,29-,35?/m0/s1. The highest BCUT2D eigenvalue weighted by molar-refractivity contribution is 6.32. The molecule has 1 saturated carbocycles. The number of nitro groups is 1. The first kappa shape index (κ1) is 37.5. The van der Waals surface area contributed by atoms with Crippen molar-refractivity contribution in [1.29, 1.82) is 0 Å². The van der Waals surface area contributed by atoms with Crippen molar-refractivity contribution >= 4 is 39.1 Å². The molecule has 0 aromatic heterocycles. The van der Waals surface area contributed by atoms with E-state index in [1.165, 1.54) is 31.4 Å². The Kier molecular flexibility index (Phi) is 11.8. The monoisotopic (exact) mass is 672 g/mol. The summed E-state index contributed by atoms with van der Waals surface area (Å²) in [6.45, 7) is 18.9. The lowest BCUT2D eigenvalue weighted by atomic mass is 9.58. The summed E-state index contributed by atoms with van der Waals surface area (Å²) in [7, 11) is 1.68. The summed E-state index contributed by atoms with van der Waals surface area (Å²) in [5, 5.41) is 14.6. The van der Waals surface area contributed by atoms with Crippen LogP contribution in [0.15, 0.2) is 42.5 Å². The van der Waals surface area contributed by atoms with E-state index in [1.54, 1.807) is 6.92 Å². The number of nitro benzene ring substituents is 1. The van der Waals surface area contributed by atoms with Gasteiger partial charge in [0, 0.05) is 17.2 Å². The molecule has 2 atom stereocenters. The van der Waals surface area contributed by atoms with Gasteiger partial charge in [-0.3, -0.25) is 14.9 Å². The molecule has 0 bridgehead atoms. The van der Waals surface area contributed by atoms with Crippen LogP contribution in [0.1, 0.15) is 92.7 Å². The van der Waals surface area contributed by atoms with Crippen LogP contribution in [-0.4, -0.2) is 39.5 Å². The van der Waals surface area contributed by atoms with Gasteiger partial charge in [-0.2, -0.15) is 0 Å². The molecule has 46 heavy (non-hydrogen) atoms. The van der Waals surface area contributed by atoms with Crippen LogP contribution >= 0.6 is 11.6 Å². The number of amides is 1. The highest BCUT2D eigenvalue weighted by atomic mass is 35.5. The number of non-ortho nitro benzene ring substituents is 1. The van der Waals surface area contributed by atoms with Gasteiger partial charge in [-0.15, -0.1) is 0 Å². The number of nitrogens with one attached hydrogen (secondary N) is 1. The maximum atomic E-state index is 13.6. The van der Waals surface area contributed by atoms with Crippen LogP contribution in [0.2, 0.25) is 10.1 Å². The minimum Gasteiger partial charge on any atom is -0.469 e. The van der Waals surface area contributed by atoms with E-state index in [2.05, 4.69) is 60.7 Å². The minimum absolute atomic E-state index is 0.0415. The number of nitrogens with zero attached hydrogens (tertiary/aromatic N) is 1. The van der Waals surface area contributed by atoms with Crippen molar-refractivity contribution in [3.63, 3.8) is 0 Å². The number of methoxy groups -OCH3 is 1. The quantitative estimate of drug-likeness (QED) is 0.104. The van der Waals surface area contributed by atoms with E-state index in [0.717, 1.165) is 18.4 Å². The highest BCUT2D eigenvalue weighted by Gasteiger charge is 2.54. The minimum atomic E-state index is -1.27. The topological polar surface area (TPSA) is 117 Å². The summed E-state index contributed by atoms with van der Waals surface area (Å²) in [6.07, 6.45) is 2.31. The van der Waals surface area contributed by atoms with E-state index in [-0.39, 0.29) is 39.3 Å². The van der Waals surface area contributed by atoms with Crippen molar-refractivity contribution in [3.05, 3.63) is 68.7 Å². The summed E-state index contributed by atoms with van der Waals surface area (Å²) in [5.74, 6) is -1.01. The number of hydrogen-bond donors (Lipinski definition) is 1. The Bertz CT molecular complexity index is 1400. The molecule has 0 aliphatic heterocycles. The zero-order chi connectivity index (χ0) is 34.7. The van der Waals surface area contributed by atoms with Crippen molar-refractivity contribution in [3.8, 4) is 5.75 Å². The Morgan fingerprint density at radius 1 is 1.02 bits per heavy atom. The molecule has 1 amide bonds. The van der Waals surface area contributed by atoms with E-state index >= 15 is 0 Å². The first-order valence-electron chi connectivity index (χ1n) is 15.7. The molecule has 11 heteroatoms. The second-order valence-corrected chi connectivity index (χ2v) is 17.6. The number of aryl methyl sites for hydroxylation is 1. The summed E-state index contributed by atoms with van der Waals surface area (Å²) in [5.41, 5.74) is -0.0421. The number of hydrogen-bond acceptors (Lipinski definition) is 7. The average molecular weight is 673 g/mol. The van der Waals surface area contributed by atoms with E-state index < -0.39 is 28.4 Å². The van der Waals surface area contributed by atoms with E-state index in [9.17, 15) is 19.7 Å². The molecule has 9 nitrogen and oxygen atoms in total. The fourth-order valence-electron chi connectivity index (χ4n) is 5.79. The van der Waals surface area contributed by atoms with Gasteiger partial charge in [0.25, 0.3) is 5.69 Å². The molecule has 0 saturated heterocycles. The summed E-state index contributed by atoms with van der Waals surface area (Å²) in [6, 6.07) is 10.9. The summed E-state index contributed by atoms with van der Waals surface area (Å²) in [4.78, 5) is 37.6. The van der Waals surface area contributed by atoms with Gasteiger partial charge in [-0.1, -0.05) is 65.3 Å². The fraction of sp³-hybridized carbons (Fsp3) is 0.600. The maximum absolute atomic E-state index is 13.6. The van der Waals surface area contributed by atoms with Crippen molar-refractivity contribution < 1.29 is 28.4 Å². The molecule has 2 aromatic carbocycles. The Morgan fingerprint density at radius 2 is 1.63 bits per heavy atom. The van der Waals surface area contributed by atoms with Crippen LogP contribution in [0.4, 0.5) is 10.5 Å². The molecule has 2 radical (unpaired) electrons. The maximum Gasteiger partial charge on any atom is 0.413 e. The van der Waals surface area contributed by atoms with Crippen LogP contribution in [0.25, 0.3) is 0 Å². The first-order valence-corrected chi connectivity index (χ1v) is 17.0. The Labute approximate surface area is 281 Å². The number of halogens is 1. The molecule has 0 heterocycles. The lowest BCUT2D eigenvalue weighted by molar-refractivity contribution is -0.384. The van der Waals surface area contributed by atoms with Crippen LogP contribution in [-0.2, 0) is 25.9 Å². The summed E-state index contributed by atoms with van der Waals surface area (Å²) >= 11 is 6.84. The second-order valence-electron chi connectivity index (χ2n) is 15.3. The van der Waals surface area contributed by atoms with E-state index in [4.69, 9.17) is 25.5 Å². The number of carbonyl (C=O) groups excluding carboxylic acids is 2. The van der Waals surface area contributed by atoms with E-state index in [0.29, 0.717) is 33.2 Å². The van der Waals surface area contributed by atoms with Crippen LogP contribution in [0.3, 0.4) is 0 Å². The lowest BCUT2D eigenvalue weighted by Gasteiger charge is -2.51. The van der Waals surface area contributed by atoms with Crippen LogP contribution in [0.5, 0.6) is 5.75 Å². The van der Waals surface area contributed by atoms with Crippen LogP contribution < -0.4 is 10.1 Å². The first-order chi connectivity index (χ1) is 21.1. The zero-order valence-corrected chi connectivity index (χ0v) is 30.5. The Morgan fingerprint density at radius 3 is 2.13 bits per heavy atom. The molecule has 3 rings (SSSR count). The Hall–Kier alpha value is -2.95. The van der Waals surface area contributed by atoms with Gasteiger partial charge in [0.1, 0.15) is 5.75 Å². The number of carbonyl (C=O) groups is 2. The SMILES string of the molecule is COC(=O)[C@H](C1CC(C(C)(C)O[Si]C(C)(C)C)C1)C(C)(NC(=O)Oc1ccc([N+](=O)[O-])cc1)c1ccc(CCC(C)(C)C)c(Cl)c1. The predicted molar refractivity (Wildman–Crippen MR) is 181 cm³/mol. The number of benzene rings is 2. The molecule has 1 fully saturated rings. The lowest BCUT2D eigenvalue weighted by Crippen LogP contribution is -2.58. The molecule has 252 valence electrons. The van der Waals surface area contributed by atoms with Gasteiger partial charge >= 0.3 is 12.1 Å². The third kappa shape index (κ3) is 9.78. The predicted octanol–water partition coefficient (Wildman–Crippen LogP) is 8.68. The van der Waals surface area contributed by atoms with Crippen LogP contribution in [0, 0.1) is 33.3 Å². The molecule has 1 unspecified atom stereocenters. The van der Waals surface area contributed by atoms with Gasteiger partial charge in [-0.05, 0) is 98.1 Å². The normalized spacial score (nSPS) is 18.9. The highest BCUT2D eigenvalue weighted by Crippen LogP contribution is 2.51. The zero-order valence-electron chi connectivity index (χ0n) is 28.8. The Balaban J connectivity index is 1.97.